The Kier molecular flexibility index (Phi) is 3.62. The van der Waals surface area contributed by atoms with Crippen molar-refractivity contribution in [1.29, 1.82) is 0 Å². The zero-order chi connectivity index (χ0) is 14.1. The Hall–Kier alpha value is -1.61. The van der Waals surface area contributed by atoms with E-state index in [0.29, 0.717) is 5.92 Å². The lowest BCUT2D eigenvalue weighted by atomic mass is 10.1. The third kappa shape index (κ3) is 2.63. The predicted molar refractivity (Wildman–Crippen MR) is 84.8 cm³/mol. The summed E-state index contributed by atoms with van der Waals surface area (Å²) >= 11 is 3.49. The van der Waals surface area contributed by atoms with E-state index >= 15 is 0 Å². The summed E-state index contributed by atoms with van der Waals surface area (Å²) in [6.07, 6.45) is 0.947. The maximum atomic E-state index is 12.3. The van der Waals surface area contributed by atoms with Crippen LogP contribution in [0.3, 0.4) is 0 Å². The molecule has 0 saturated heterocycles. The first-order valence-electron chi connectivity index (χ1n) is 6.77. The van der Waals surface area contributed by atoms with Gasteiger partial charge in [0.05, 0.1) is 0 Å². The topological polar surface area (TPSA) is 29.1 Å². The van der Waals surface area contributed by atoms with Crippen LogP contribution < -0.4 is 5.32 Å². The molecule has 0 spiro atoms. The molecule has 2 aromatic rings. The van der Waals surface area contributed by atoms with Gasteiger partial charge in [0.1, 0.15) is 0 Å². The van der Waals surface area contributed by atoms with Crippen LogP contribution in [0.25, 0.3) is 0 Å². The summed E-state index contributed by atoms with van der Waals surface area (Å²) < 4.78 is 1.02. The number of hydrogen-bond donors (Lipinski definition) is 1. The van der Waals surface area contributed by atoms with E-state index in [9.17, 15) is 4.79 Å². The lowest BCUT2D eigenvalue weighted by molar-refractivity contribution is -0.117. The number of nitrogens with one attached hydrogen (secondary N) is 1. The zero-order valence-corrected chi connectivity index (χ0v) is 12.9. The molecule has 0 bridgehead atoms. The second kappa shape index (κ2) is 5.41. The zero-order valence-electron chi connectivity index (χ0n) is 11.3. The van der Waals surface area contributed by atoms with Crippen LogP contribution in [0.1, 0.15) is 23.5 Å². The molecule has 1 N–H and O–H groups in total. The number of amides is 1. The largest absolute Gasteiger partial charge is 0.326 e. The normalized spacial score (nSPS) is 20.5. The molecule has 2 unspecified atom stereocenters. The summed E-state index contributed by atoms with van der Waals surface area (Å²) in [7, 11) is 0. The summed E-state index contributed by atoms with van der Waals surface area (Å²) in [5.74, 6) is 0.611. The highest BCUT2D eigenvalue weighted by molar-refractivity contribution is 9.10. The maximum Gasteiger partial charge on any atom is 0.228 e. The highest BCUT2D eigenvalue weighted by atomic mass is 79.9. The van der Waals surface area contributed by atoms with Gasteiger partial charge in [0.25, 0.3) is 0 Å². The Balaban J connectivity index is 1.69. The van der Waals surface area contributed by atoms with E-state index in [1.807, 2.05) is 43.3 Å². The van der Waals surface area contributed by atoms with Gasteiger partial charge in [-0.1, -0.05) is 52.3 Å². The highest BCUT2D eigenvalue weighted by Gasteiger charge is 2.43. The van der Waals surface area contributed by atoms with Gasteiger partial charge in [-0.2, -0.15) is 0 Å². The number of rotatable bonds is 3. The van der Waals surface area contributed by atoms with Crippen LogP contribution in [-0.2, 0) is 4.79 Å². The molecule has 2 atom stereocenters. The van der Waals surface area contributed by atoms with Crippen LogP contribution in [-0.4, -0.2) is 5.91 Å². The lowest BCUT2D eigenvalue weighted by Gasteiger charge is -2.09. The SMILES string of the molecule is Cc1c(Br)cccc1NC(=O)C1CC1c1ccccc1. The summed E-state index contributed by atoms with van der Waals surface area (Å²) in [5.41, 5.74) is 3.22. The van der Waals surface area contributed by atoms with E-state index in [1.165, 1.54) is 5.56 Å². The van der Waals surface area contributed by atoms with Crippen LogP contribution in [0.5, 0.6) is 0 Å². The van der Waals surface area contributed by atoms with Crippen molar-refractivity contribution >= 4 is 27.5 Å². The minimum Gasteiger partial charge on any atom is -0.326 e. The Bertz CT molecular complexity index is 639. The molecule has 0 heterocycles. The Morgan fingerprint density at radius 2 is 1.90 bits per heavy atom. The highest BCUT2D eigenvalue weighted by Crippen LogP contribution is 2.48. The molecule has 1 amide bonds. The van der Waals surface area contributed by atoms with Crippen molar-refractivity contribution in [3.8, 4) is 0 Å². The molecule has 3 heteroatoms. The van der Waals surface area contributed by atoms with Gasteiger partial charge in [-0.25, -0.2) is 0 Å². The van der Waals surface area contributed by atoms with Crippen LogP contribution in [0.15, 0.2) is 53.0 Å². The average Bonchev–Trinajstić information content (AvgIpc) is 3.25. The molecule has 1 aliphatic rings. The summed E-state index contributed by atoms with van der Waals surface area (Å²) in [4.78, 5) is 12.3. The van der Waals surface area contributed by atoms with Gasteiger partial charge in [-0.3, -0.25) is 4.79 Å². The van der Waals surface area contributed by atoms with Gasteiger partial charge in [0, 0.05) is 16.1 Å². The number of anilines is 1. The molecule has 20 heavy (non-hydrogen) atoms. The molecule has 2 nitrogen and oxygen atoms in total. The first kappa shape index (κ1) is 13.4. The summed E-state index contributed by atoms with van der Waals surface area (Å²) in [6, 6.07) is 16.1. The van der Waals surface area contributed by atoms with Gasteiger partial charge < -0.3 is 5.32 Å². The van der Waals surface area contributed by atoms with Crippen molar-refractivity contribution in [2.24, 2.45) is 5.92 Å². The van der Waals surface area contributed by atoms with E-state index in [0.717, 1.165) is 22.1 Å². The van der Waals surface area contributed by atoms with E-state index in [4.69, 9.17) is 0 Å². The lowest BCUT2D eigenvalue weighted by Crippen LogP contribution is -2.15. The van der Waals surface area contributed by atoms with E-state index in [2.05, 4.69) is 33.4 Å². The fourth-order valence-electron chi connectivity index (χ4n) is 2.52. The standard InChI is InChI=1S/C17H16BrNO/c1-11-15(18)8-5-9-16(11)19-17(20)14-10-13(14)12-6-3-2-4-7-12/h2-9,13-14H,10H2,1H3,(H,19,20). The molecule has 1 aliphatic carbocycles. The Morgan fingerprint density at radius 1 is 1.15 bits per heavy atom. The van der Waals surface area contributed by atoms with E-state index < -0.39 is 0 Å². The quantitative estimate of drug-likeness (QED) is 0.882. The molecule has 1 fully saturated rings. The minimum atomic E-state index is 0.107. The molecular formula is C17H16BrNO. The van der Waals surface area contributed by atoms with Crippen molar-refractivity contribution in [3.63, 3.8) is 0 Å². The Labute approximate surface area is 127 Å². The second-order valence-electron chi connectivity index (χ2n) is 5.26. The van der Waals surface area contributed by atoms with E-state index in [-0.39, 0.29) is 11.8 Å². The molecule has 0 aromatic heterocycles. The number of carbonyl (C=O) groups is 1. The molecule has 0 radical (unpaired) electrons. The van der Waals surface area contributed by atoms with Crippen molar-refractivity contribution in [2.75, 3.05) is 5.32 Å². The van der Waals surface area contributed by atoms with E-state index in [1.54, 1.807) is 0 Å². The predicted octanol–water partition coefficient (Wildman–Crippen LogP) is 4.50. The summed E-state index contributed by atoms with van der Waals surface area (Å²) in [6.45, 7) is 2.00. The number of carbonyl (C=O) groups excluding carboxylic acids is 1. The van der Waals surface area contributed by atoms with Crippen LogP contribution >= 0.6 is 15.9 Å². The molecule has 2 aromatic carbocycles. The molecule has 3 rings (SSSR count). The number of hydrogen-bond acceptors (Lipinski definition) is 1. The van der Waals surface area contributed by atoms with Gasteiger partial charge in [-0.15, -0.1) is 0 Å². The molecule has 1 saturated carbocycles. The minimum absolute atomic E-state index is 0.107. The van der Waals surface area contributed by atoms with Gasteiger partial charge >= 0.3 is 0 Å². The van der Waals surface area contributed by atoms with Gasteiger partial charge in [-0.05, 0) is 42.5 Å². The summed E-state index contributed by atoms with van der Waals surface area (Å²) in [5, 5.41) is 3.04. The van der Waals surface area contributed by atoms with Crippen LogP contribution in [0, 0.1) is 12.8 Å². The van der Waals surface area contributed by atoms with Crippen molar-refractivity contribution < 1.29 is 4.79 Å². The maximum absolute atomic E-state index is 12.3. The average molecular weight is 330 g/mol. The first-order chi connectivity index (χ1) is 9.66. The number of halogens is 1. The van der Waals surface area contributed by atoms with Crippen molar-refractivity contribution in [3.05, 3.63) is 64.1 Å². The smallest absolute Gasteiger partial charge is 0.228 e. The van der Waals surface area contributed by atoms with Crippen LogP contribution in [0.2, 0.25) is 0 Å². The van der Waals surface area contributed by atoms with Gasteiger partial charge in [0.15, 0.2) is 0 Å². The van der Waals surface area contributed by atoms with Crippen LogP contribution in [0.4, 0.5) is 5.69 Å². The molecule has 102 valence electrons. The molecular weight excluding hydrogens is 314 g/mol. The van der Waals surface area contributed by atoms with Crippen molar-refractivity contribution in [2.45, 2.75) is 19.3 Å². The molecule has 0 aliphatic heterocycles. The fourth-order valence-corrected chi connectivity index (χ4v) is 2.89. The first-order valence-corrected chi connectivity index (χ1v) is 7.57. The third-order valence-electron chi connectivity index (χ3n) is 3.88. The van der Waals surface area contributed by atoms with Crippen molar-refractivity contribution in [1.82, 2.24) is 0 Å². The third-order valence-corrected chi connectivity index (χ3v) is 4.74. The number of benzene rings is 2. The second-order valence-corrected chi connectivity index (χ2v) is 6.12. The monoisotopic (exact) mass is 329 g/mol. The fraction of sp³-hybridized carbons (Fsp3) is 0.235. The van der Waals surface area contributed by atoms with Gasteiger partial charge in [0.2, 0.25) is 5.91 Å². The Morgan fingerprint density at radius 3 is 2.65 bits per heavy atom.